The number of methoxy groups -OCH3 is 1. The molecule has 21 heavy (non-hydrogen) atoms. The first-order valence-corrected chi connectivity index (χ1v) is 6.47. The third-order valence-corrected chi connectivity index (χ3v) is 2.67. The molecule has 0 spiro atoms. The molecule has 0 saturated carbocycles. The largest absolute Gasteiger partial charge is 0.494 e. The van der Waals surface area contributed by atoms with E-state index in [1.807, 2.05) is 25.1 Å². The first-order chi connectivity index (χ1) is 10.2. The molecule has 0 bridgehead atoms. The molecule has 2 aromatic rings. The summed E-state index contributed by atoms with van der Waals surface area (Å²) in [6.07, 6.45) is 0. The standard InChI is InChI=1S/C14H17N5O2/c1-4-21-13-12(9(2)16-14(15)17-13)19-18-10-7-5-6-8-11(10)20-3/h5-8H,4H2,1-3H3,(H2,15,16,17). The van der Waals surface area contributed by atoms with Gasteiger partial charge in [-0.15, -0.1) is 10.2 Å². The number of benzene rings is 1. The highest BCUT2D eigenvalue weighted by atomic mass is 16.5. The summed E-state index contributed by atoms with van der Waals surface area (Å²) in [5, 5.41) is 8.36. The van der Waals surface area contributed by atoms with Crippen molar-refractivity contribution in [1.29, 1.82) is 0 Å². The van der Waals surface area contributed by atoms with Crippen molar-refractivity contribution in [1.82, 2.24) is 9.97 Å². The predicted octanol–water partition coefficient (Wildman–Crippen LogP) is 3.19. The van der Waals surface area contributed by atoms with Gasteiger partial charge in [-0.1, -0.05) is 12.1 Å². The molecule has 1 aromatic heterocycles. The van der Waals surface area contributed by atoms with E-state index in [2.05, 4.69) is 20.2 Å². The van der Waals surface area contributed by atoms with Crippen LogP contribution < -0.4 is 15.2 Å². The summed E-state index contributed by atoms with van der Waals surface area (Å²) < 4.78 is 10.7. The van der Waals surface area contributed by atoms with Crippen LogP contribution in [0.4, 0.5) is 17.3 Å². The van der Waals surface area contributed by atoms with Gasteiger partial charge in [-0.05, 0) is 26.0 Å². The molecule has 7 heteroatoms. The van der Waals surface area contributed by atoms with E-state index >= 15 is 0 Å². The van der Waals surface area contributed by atoms with E-state index in [0.29, 0.717) is 35.3 Å². The molecule has 110 valence electrons. The molecule has 0 aliphatic heterocycles. The van der Waals surface area contributed by atoms with Gasteiger partial charge in [0.05, 0.1) is 19.4 Å². The number of azo groups is 1. The van der Waals surface area contributed by atoms with Crippen molar-refractivity contribution in [3.8, 4) is 11.6 Å². The molecule has 1 heterocycles. The Labute approximate surface area is 122 Å². The Bertz CT molecular complexity index is 658. The Hall–Kier alpha value is -2.70. The minimum Gasteiger partial charge on any atom is -0.494 e. The summed E-state index contributed by atoms with van der Waals surface area (Å²) in [7, 11) is 1.58. The van der Waals surface area contributed by atoms with Gasteiger partial charge in [-0.3, -0.25) is 0 Å². The fourth-order valence-electron chi connectivity index (χ4n) is 1.73. The van der Waals surface area contributed by atoms with E-state index in [9.17, 15) is 0 Å². The summed E-state index contributed by atoms with van der Waals surface area (Å²) in [5.74, 6) is 1.10. The van der Waals surface area contributed by atoms with Gasteiger partial charge in [-0.2, -0.15) is 4.98 Å². The molecule has 2 rings (SSSR count). The van der Waals surface area contributed by atoms with Crippen molar-refractivity contribution in [2.24, 2.45) is 10.2 Å². The Balaban J connectivity index is 2.40. The van der Waals surface area contributed by atoms with Crippen molar-refractivity contribution < 1.29 is 9.47 Å². The van der Waals surface area contributed by atoms with Gasteiger partial charge in [0.25, 0.3) is 0 Å². The van der Waals surface area contributed by atoms with E-state index in [1.54, 1.807) is 20.1 Å². The van der Waals surface area contributed by atoms with Crippen LogP contribution >= 0.6 is 0 Å². The summed E-state index contributed by atoms with van der Waals surface area (Å²) >= 11 is 0. The lowest BCUT2D eigenvalue weighted by Crippen LogP contribution is -2.02. The van der Waals surface area contributed by atoms with Crippen LogP contribution in [-0.2, 0) is 0 Å². The Morgan fingerprint density at radius 3 is 2.67 bits per heavy atom. The minimum absolute atomic E-state index is 0.146. The van der Waals surface area contributed by atoms with Crippen molar-refractivity contribution >= 4 is 17.3 Å². The molecule has 0 fully saturated rings. The van der Waals surface area contributed by atoms with Gasteiger partial charge in [0.15, 0.2) is 5.69 Å². The Morgan fingerprint density at radius 1 is 1.19 bits per heavy atom. The van der Waals surface area contributed by atoms with Gasteiger partial charge in [0.2, 0.25) is 11.8 Å². The zero-order valence-electron chi connectivity index (χ0n) is 12.2. The summed E-state index contributed by atoms with van der Waals surface area (Å²) in [6, 6.07) is 7.33. The van der Waals surface area contributed by atoms with Crippen LogP contribution in [0.1, 0.15) is 12.6 Å². The molecule has 2 N–H and O–H groups in total. The second-order valence-electron chi connectivity index (χ2n) is 4.13. The second kappa shape index (κ2) is 6.65. The molecule has 0 radical (unpaired) electrons. The van der Waals surface area contributed by atoms with Gasteiger partial charge < -0.3 is 15.2 Å². The van der Waals surface area contributed by atoms with Crippen molar-refractivity contribution in [2.45, 2.75) is 13.8 Å². The lowest BCUT2D eigenvalue weighted by molar-refractivity contribution is 0.327. The highest BCUT2D eigenvalue weighted by Gasteiger charge is 2.11. The number of ether oxygens (including phenoxy) is 2. The van der Waals surface area contributed by atoms with Gasteiger partial charge >= 0.3 is 0 Å². The second-order valence-corrected chi connectivity index (χ2v) is 4.13. The van der Waals surface area contributed by atoms with Crippen molar-refractivity contribution in [3.63, 3.8) is 0 Å². The molecular weight excluding hydrogens is 270 g/mol. The first-order valence-electron chi connectivity index (χ1n) is 6.47. The molecule has 0 saturated heterocycles. The van der Waals surface area contributed by atoms with Crippen LogP contribution in [0.3, 0.4) is 0 Å². The Morgan fingerprint density at radius 2 is 1.95 bits per heavy atom. The fraction of sp³-hybridized carbons (Fsp3) is 0.286. The molecule has 0 aliphatic rings. The smallest absolute Gasteiger partial charge is 0.247 e. The average molecular weight is 287 g/mol. The van der Waals surface area contributed by atoms with E-state index in [-0.39, 0.29) is 5.95 Å². The topological polar surface area (TPSA) is 95.0 Å². The minimum atomic E-state index is 0.146. The highest BCUT2D eigenvalue weighted by molar-refractivity contribution is 5.55. The first kappa shape index (κ1) is 14.7. The summed E-state index contributed by atoms with van der Waals surface area (Å²) in [4.78, 5) is 8.11. The number of hydrogen-bond donors (Lipinski definition) is 1. The normalized spacial score (nSPS) is 10.8. The number of aryl methyl sites for hydroxylation is 1. The van der Waals surface area contributed by atoms with Gasteiger partial charge in [0.1, 0.15) is 11.4 Å². The number of rotatable bonds is 5. The van der Waals surface area contributed by atoms with Gasteiger partial charge in [-0.25, -0.2) is 4.98 Å². The molecular formula is C14H17N5O2. The third-order valence-electron chi connectivity index (χ3n) is 2.67. The number of hydrogen-bond acceptors (Lipinski definition) is 7. The maximum atomic E-state index is 5.62. The van der Waals surface area contributed by atoms with Gasteiger partial charge in [0, 0.05) is 0 Å². The molecule has 1 aromatic carbocycles. The average Bonchev–Trinajstić information content (AvgIpc) is 2.47. The SMILES string of the molecule is CCOc1nc(N)nc(C)c1N=Nc1ccccc1OC. The number of aromatic nitrogens is 2. The van der Waals surface area contributed by atoms with Crippen LogP contribution in [0.25, 0.3) is 0 Å². The predicted molar refractivity (Wildman–Crippen MR) is 79.5 cm³/mol. The number of nitrogens with two attached hydrogens (primary N) is 1. The molecule has 0 atom stereocenters. The number of anilines is 1. The van der Waals surface area contributed by atoms with E-state index < -0.39 is 0 Å². The van der Waals surface area contributed by atoms with Crippen molar-refractivity contribution in [2.75, 3.05) is 19.5 Å². The van der Waals surface area contributed by atoms with E-state index in [1.165, 1.54) is 0 Å². The molecule has 0 amide bonds. The van der Waals surface area contributed by atoms with Crippen LogP contribution in [-0.4, -0.2) is 23.7 Å². The zero-order chi connectivity index (χ0) is 15.2. The lowest BCUT2D eigenvalue weighted by Gasteiger charge is -2.08. The summed E-state index contributed by atoms with van der Waals surface area (Å²) in [6.45, 7) is 4.08. The maximum Gasteiger partial charge on any atom is 0.247 e. The molecule has 7 nitrogen and oxygen atoms in total. The monoisotopic (exact) mass is 287 g/mol. The quantitative estimate of drug-likeness (QED) is 0.852. The highest BCUT2D eigenvalue weighted by Crippen LogP contribution is 2.33. The lowest BCUT2D eigenvalue weighted by atomic mass is 10.3. The maximum absolute atomic E-state index is 5.62. The van der Waals surface area contributed by atoms with E-state index in [4.69, 9.17) is 15.2 Å². The number of para-hydroxylation sites is 1. The van der Waals surface area contributed by atoms with Crippen LogP contribution in [0, 0.1) is 6.92 Å². The van der Waals surface area contributed by atoms with Crippen LogP contribution in [0.15, 0.2) is 34.5 Å². The van der Waals surface area contributed by atoms with Crippen molar-refractivity contribution in [3.05, 3.63) is 30.0 Å². The van der Waals surface area contributed by atoms with Crippen LogP contribution in [0.2, 0.25) is 0 Å². The summed E-state index contributed by atoms with van der Waals surface area (Å²) in [5.41, 5.74) is 7.28. The van der Waals surface area contributed by atoms with Crippen LogP contribution in [0.5, 0.6) is 11.6 Å². The molecule has 0 unspecified atom stereocenters. The van der Waals surface area contributed by atoms with E-state index in [0.717, 1.165) is 0 Å². The fourth-order valence-corrected chi connectivity index (χ4v) is 1.73. The number of nitrogens with zero attached hydrogens (tertiary/aromatic N) is 4. The third kappa shape index (κ3) is 3.44. The molecule has 0 aliphatic carbocycles. The zero-order valence-corrected chi connectivity index (χ0v) is 12.2. The Kier molecular flexibility index (Phi) is 4.65. The number of nitrogen functional groups attached to an aromatic ring is 1.